The second-order valence-electron chi connectivity index (χ2n) is 4.32. The minimum atomic E-state index is -1.20. The highest BCUT2D eigenvalue weighted by Gasteiger charge is 2.30. The fraction of sp³-hybridized carbons (Fsp3) is 0.417. The molecule has 1 fully saturated rings. The summed E-state index contributed by atoms with van der Waals surface area (Å²) in [7, 11) is 0. The largest absolute Gasteiger partial charge is 0.478 e. The molecule has 1 aromatic rings. The summed E-state index contributed by atoms with van der Waals surface area (Å²) in [5.74, 6) is -1.52. The van der Waals surface area contributed by atoms with Gasteiger partial charge in [-0.15, -0.1) is 0 Å². The van der Waals surface area contributed by atoms with E-state index in [1.165, 1.54) is 18.3 Å². The van der Waals surface area contributed by atoms with Crippen molar-refractivity contribution in [2.75, 3.05) is 6.54 Å². The third-order valence-corrected chi connectivity index (χ3v) is 2.89. The molecule has 1 aliphatic carbocycles. The fourth-order valence-corrected chi connectivity index (χ4v) is 1.69. The van der Waals surface area contributed by atoms with Gasteiger partial charge in [0.05, 0.1) is 11.7 Å². The van der Waals surface area contributed by atoms with E-state index in [-0.39, 0.29) is 23.7 Å². The number of nitrogens with zero attached hydrogens (tertiary/aromatic N) is 1. The molecule has 1 atom stereocenters. The first-order valence-corrected chi connectivity index (χ1v) is 5.74. The zero-order valence-electron chi connectivity index (χ0n) is 9.67. The Hall–Kier alpha value is -1.95. The van der Waals surface area contributed by atoms with Gasteiger partial charge < -0.3 is 15.5 Å². The summed E-state index contributed by atoms with van der Waals surface area (Å²) in [6, 6.07) is 2.78. The molecular weight excluding hydrogens is 236 g/mol. The van der Waals surface area contributed by atoms with Crippen LogP contribution < -0.4 is 5.32 Å². The molecule has 1 unspecified atom stereocenters. The third-order valence-electron chi connectivity index (χ3n) is 2.89. The maximum atomic E-state index is 11.8. The maximum Gasteiger partial charge on any atom is 0.338 e. The molecule has 1 heterocycles. The summed E-state index contributed by atoms with van der Waals surface area (Å²) in [6.07, 6.45) is 2.74. The highest BCUT2D eigenvalue weighted by Crippen LogP contribution is 2.32. The number of rotatable bonds is 5. The number of hydrogen-bond donors (Lipinski definition) is 3. The molecule has 0 aromatic carbocycles. The van der Waals surface area contributed by atoms with Crippen LogP contribution in [0, 0.1) is 5.92 Å². The Morgan fingerprint density at radius 1 is 1.50 bits per heavy atom. The lowest BCUT2D eigenvalue weighted by Crippen LogP contribution is -2.34. The van der Waals surface area contributed by atoms with Crippen molar-refractivity contribution < 1.29 is 19.8 Å². The van der Waals surface area contributed by atoms with Gasteiger partial charge in [0, 0.05) is 12.7 Å². The van der Waals surface area contributed by atoms with Crippen LogP contribution in [0.4, 0.5) is 0 Å². The molecule has 2 rings (SSSR count). The molecule has 1 saturated carbocycles. The van der Waals surface area contributed by atoms with E-state index < -0.39 is 18.0 Å². The van der Waals surface area contributed by atoms with E-state index in [1.54, 1.807) is 0 Å². The van der Waals surface area contributed by atoms with Crippen LogP contribution in [-0.4, -0.2) is 39.7 Å². The summed E-state index contributed by atoms with van der Waals surface area (Å²) in [4.78, 5) is 26.4. The molecule has 1 aliphatic rings. The Morgan fingerprint density at radius 3 is 2.83 bits per heavy atom. The summed E-state index contributed by atoms with van der Waals surface area (Å²) < 4.78 is 0. The first kappa shape index (κ1) is 12.5. The van der Waals surface area contributed by atoms with Gasteiger partial charge in [0.2, 0.25) is 0 Å². The topological polar surface area (TPSA) is 99.5 Å². The fourth-order valence-electron chi connectivity index (χ4n) is 1.69. The Morgan fingerprint density at radius 2 is 2.22 bits per heavy atom. The number of nitrogens with one attached hydrogen (secondary N) is 1. The Kier molecular flexibility index (Phi) is 3.57. The van der Waals surface area contributed by atoms with Gasteiger partial charge >= 0.3 is 5.97 Å². The summed E-state index contributed by atoms with van der Waals surface area (Å²) >= 11 is 0. The number of carbonyl (C=O) groups is 2. The average molecular weight is 250 g/mol. The number of aliphatic hydroxyl groups is 1. The van der Waals surface area contributed by atoms with Crippen LogP contribution in [0.1, 0.15) is 33.7 Å². The quantitative estimate of drug-likeness (QED) is 0.697. The monoisotopic (exact) mass is 250 g/mol. The minimum Gasteiger partial charge on any atom is -0.478 e. The highest BCUT2D eigenvalue weighted by atomic mass is 16.4. The lowest BCUT2D eigenvalue weighted by Gasteiger charge is -2.11. The maximum absolute atomic E-state index is 11.8. The van der Waals surface area contributed by atoms with Gasteiger partial charge in [-0.1, -0.05) is 0 Å². The van der Waals surface area contributed by atoms with Crippen molar-refractivity contribution in [2.45, 2.75) is 18.9 Å². The van der Waals surface area contributed by atoms with Crippen LogP contribution in [0.2, 0.25) is 0 Å². The standard InChI is InChI=1S/C12H14N2O4/c15-9(7-3-4-7)6-14-11(16)10-8(12(17)18)2-1-5-13-10/h1-2,5,7,9,15H,3-4,6H2,(H,14,16)(H,17,18). The molecule has 0 aliphatic heterocycles. The molecular formula is C12H14N2O4. The van der Waals surface area contributed by atoms with Gasteiger partial charge in [-0.2, -0.15) is 0 Å². The molecule has 3 N–H and O–H groups in total. The Balaban J connectivity index is 2.01. The summed E-state index contributed by atoms with van der Waals surface area (Å²) in [5.41, 5.74) is -0.274. The SMILES string of the molecule is O=C(O)c1cccnc1C(=O)NCC(O)C1CC1. The first-order valence-electron chi connectivity index (χ1n) is 5.74. The van der Waals surface area contributed by atoms with Crippen LogP contribution in [0.5, 0.6) is 0 Å². The number of aromatic carboxylic acids is 1. The normalized spacial score (nSPS) is 16.1. The van der Waals surface area contributed by atoms with E-state index in [4.69, 9.17) is 5.11 Å². The van der Waals surface area contributed by atoms with Crippen molar-refractivity contribution in [1.29, 1.82) is 0 Å². The van der Waals surface area contributed by atoms with Crippen LogP contribution in [0.25, 0.3) is 0 Å². The lowest BCUT2D eigenvalue weighted by atomic mass is 10.1. The van der Waals surface area contributed by atoms with Crippen molar-refractivity contribution in [3.8, 4) is 0 Å². The van der Waals surface area contributed by atoms with E-state index >= 15 is 0 Å². The van der Waals surface area contributed by atoms with Crippen molar-refractivity contribution in [1.82, 2.24) is 10.3 Å². The number of pyridine rings is 1. The van der Waals surface area contributed by atoms with Crippen LogP contribution >= 0.6 is 0 Å². The van der Waals surface area contributed by atoms with Gasteiger partial charge in [0.15, 0.2) is 0 Å². The number of hydrogen-bond acceptors (Lipinski definition) is 4. The third kappa shape index (κ3) is 2.84. The average Bonchev–Trinajstić information content (AvgIpc) is 3.19. The van der Waals surface area contributed by atoms with Gasteiger partial charge in [0.25, 0.3) is 5.91 Å². The van der Waals surface area contributed by atoms with E-state index in [0.29, 0.717) is 0 Å². The van der Waals surface area contributed by atoms with Crippen molar-refractivity contribution >= 4 is 11.9 Å². The summed E-state index contributed by atoms with van der Waals surface area (Å²) in [5, 5.41) is 21.0. The molecule has 18 heavy (non-hydrogen) atoms. The first-order chi connectivity index (χ1) is 8.59. The number of aliphatic hydroxyl groups excluding tert-OH is 1. The van der Waals surface area contributed by atoms with Gasteiger partial charge in [-0.05, 0) is 30.9 Å². The highest BCUT2D eigenvalue weighted by molar-refractivity contribution is 6.03. The molecule has 0 spiro atoms. The second-order valence-corrected chi connectivity index (χ2v) is 4.32. The minimum absolute atomic E-state index is 0.124. The molecule has 6 heteroatoms. The van der Waals surface area contributed by atoms with Gasteiger partial charge in [0.1, 0.15) is 5.69 Å². The number of amides is 1. The van der Waals surface area contributed by atoms with Crippen LogP contribution in [-0.2, 0) is 0 Å². The zero-order valence-corrected chi connectivity index (χ0v) is 9.67. The van der Waals surface area contributed by atoms with Gasteiger partial charge in [-0.3, -0.25) is 9.78 Å². The van der Waals surface area contributed by atoms with Crippen molar-refractivity contribution in [3.63, 3.8) is 0 Å². The smallest absolute Gasteiger partial charge is 0.338 e. The van der Waals surface area contributed by atoms with E-state index in [0.717, 1.165) is 12.8 Å². The van der Waals surface area contributed by atoms with Gasteiger partial charge in [-0.25, -0.2) is 4.79 Å². The van der Waals surface area contributed by atoms with E-state index in [9.17, 15) is 14.7 Å². The summed E-state index contributed by atoms with van der Waals surface area (Å²) in [6.45, 7) is 0.124. The second kappa shape index (κ2) is 5.14. The molecule has 0 radical (unpaired) electrons. The van der Waals surface area contributed by atoms with E-state index in [1.807, 2.05) is 0 Å². The number of carboxylic acid groups (broad SMARTS) is 1. The molecule has 96 valence electrons. The molecule has 1 amide bonds. The number of aromatic nitrogens is 1. The van der Waals surface area contributed by atoms with Crippen LogP contribution in [0.3, 0.4) is 0 Å². The predicted octanol–water partition coefficient (Wildman–Crippen LogP) is 0.280. The number of carbonyl (C=O) groups excluding carboxylic acids is 1. The van der Waals surface area contributed by atoms with Crippen molar-refractivity contribution in [3.05, 3.63) is 29.6 Å². The molecule has 0 bridgehead atoms. The van der Waals surface area contributed by atoms with E-state index in [2.05, 4.69) is 10.3 Å². The molecule has 0 saturated heterocycles. The predicted molar refractivity (Wildman–Crippen MR) is 62.3 cm³/mol. The lowest BCUT2D eigenvalue weighted by molar-refractivity contribution is 0.0689. The molecule has 1 aromatic heterocycles. The molecule has 6 nitrogen and oxygen atoms in total. The Labute approximate surface area is 104 Å². The van der Waals surface area contributed by atoms with Crippen molar-refractivity contribution in [2.24, 2.45) is 5.92 Å². The zero-order chi connectivity index (χ0) is 13.1. The Bertz CT molecular complexity index is 471. The number of carboxylic acids is 1. The van der Waals surface area contributed by atoms with Crippen LogP contribution in [0.15, 0.2) is 18.3 Å².